The average Bonchev–Trinajstić information content (AvgIpc) is 2.18. The zero-order chi connectivity index (χ0) is 10.2. The van der Waals surface area contributed by atoms with Crippen LogP contribution < -0.4 is 0 Å². The van der Waals surface area contributed by atoms with Crippen molar-refractivity contribution in [3.05, 3.63) is 0 Å². The fourth-order valence-corrected chi connectivity index (χ4v) is 1.66. The topological polar surface area (TPSA) is 35.5 Å². The van der Waals surface area contributed by atoms with Crippen molar-refractivity contribution in [1.82, 2.24) is 0 Å². The van der Waals surface area contributed by atoms with Gasteiger partial charge in [0.2, 0.25) is 0 Å². The number of rotatable bonds is 6. The summed E-state index contributed by atoms with van der Waals surface area (Å²) in [6.07, 6.45) is 7.85. The van der Waals surface area contributed by atoms with Crippen LogP contribution in [-0.2, 0) is 14.3 Å². The molecule has 1 heterocycles. The molecule has 0 bridgehead atoms. The van der Waals surface area contributed by atoms with Gasteiger partial charge in [-0.05, 0) is 6.42 Å². The molecule has 3 nitrogen and oxygen atoms in total. The van der Waals surface area contributed by atoms with E-state index in [-0.39, 0.29) is 18.9 Å². The second kappa shape index (κ2) is 6.82. The maximum Gasteiger partial charge on any atom is 0.310 e. The molecule has 14 heavy (non-hydrogen) atoms. The van der Waals surface area contributed by atoms with Gasteiger partial charge in [0, 0.05) is 0 Å². The van der Waals surface area contributed by atoms with E-state index in [1.54, 1.807) is 0 Å². The van der Waals surface area contributed by atoms with Gasteiger partial charge in [-0.15, -0.1) is 0 Å². The number of hydrogen-bond acceptors (Lipinski definition) is 3. The highest BCUT2D eigenvalue weighted by atomic mass is 16.7. The number of hydrogen-bond donors (Lipinski definition) is 0. The minimum Gasteiger partial charge on any atom is -0.438 e. The highest BCUT2D eigenvalue weighted by Crippen LogP contribution is 2.15. The van der Waals surface area contributed by atoms with Crippen LogP contribution in [0.3, 0.4) is 0 Å². The molecule has 0 aromatic heterocycles. The minimum absolute atomic E-state index is 0.109. The Balaban J connectivity index is 1.97. The van der Waals surface area contributed by atoms with Crippen molar-refractivity contribution < 1.29 is 14.3 Å². The third kappa shape index (κ3) is 4.61. The lowest BCUT2D eigenvalue weighted by atomic mass is 10.1. The van der Waals surface area contributed by atoms with Crippen LogP contribution in [0.1, 0.15) is 51.9 Å². The van der Waals surface area contributed by atoms with E-state index in [0.29, 0.717) is 6.42 Å². The van der Waals surface area contributed by atoms with Crippen LogP contribution in [0.2, 0.25) is 0 Å². The summed E-state index contributed by atoms with van der Waals surface area (Å²) in [5, 5.41) is 0. The van der Waals surface area contributed by atoms with Crippen molar-refractivity contribution in [3.63, 3.8) is 0 Å². The molecule has 0 saturated carbocycles. The standard InChI is InChI=1S/C11H20O3/c1-2-3-4-5-6-7-10-8-11(12)14-9-13-10/h10H,2-9H2,1H3/t10-/m1/s1. The van der Waals surface area contributed by atoms with E-state index in [9.17, 15) is 4.79 Å². The third-order valence-electron chi connectivity index (χ3n) is 2.55. The molecule has 0 N–H and O–H groups in total. The van der Waals surface area contributed by atoms with Crippen molar-refractivity contribution in [2.24, 2.45) is 0 Å². The van der Waals surface area contributed by atoms with Crippen molar-refractivity contribution in [2.75, 3.05) is 6.79 Å². The van der Waals surface area contributed by atoms with Crippen molar-refractivity contribution in [3.8, 4) is 0 Å². The van der Waals surface area contributed by atoms with Crippen LogP contribution in [0.4, 0.5) is 0 Å². The van der Waals surface area contributed by atoms with Crippen molar-refractivity contribution in [2.45, 2.75) is 58.0 Å². The summed E-state index contributed by atoms with van der Waals surface area (Å²) in [5.74, 6) is -0.116. The number of carbonyl (C=O) groups excluding carboxylic acids is 1. The Hall–Kier alpha value is -0.570. The lowest BCUT2D eigenvalue weighted by molar-refractivity contribution is -0.181. The molecule has 1 fully saturated rings. The van der Waals surface area contributed by atoms with Crippen LogP contribution in [0.15, 0.2) is 0 Å². The SMILES string of the molecule is CCCCCCC[C@@H]1CC(=O)OCO1. The third-order valence-corrected chi connectivity index (χ3v) is 2.55. The molecule has 3 heteroatoms. The molecular weight excluding hydrogens is 180 g/mol. The zero-order valence-electron chi connectivity index (χ0n) is 8.96. The number of esters is 1. The van der Waals surface area contributed by atoms with Crippen LogP contribution >= 0.6 is 0 Å². The van der Waals surface area contributed by atoms with Gasteiger partial charge in [-0.3, -0.25) is 4.79 Å². The lowest BCUT2D eigenvalue weighted by Gasteiger charge is -2.21. The van der Waals surface area contributed by atoms with Gasteiger partial charge in [0.05, 0.1) is 12.5 Å². The van der Waals surface area contributed by atoms with E-state index >= 15 is 0 Å². The van der Waals surface area contributed by atoms with Gasteiger partial charge in [-0.25, -0.2) is 0 Å². The molecule has 1 atom stereocenters. The zero-order valence-corrected chi connectivity index (χ0v) is 8.96. The molecule has 82 valence electrons. The van der Waals surface area contributed by atoms with E-state index in [1.165, 1.54) is 25.7 Å². The Bertz CT molecular complexity index is 168. The summed E-state index contributed by atoms with van der Waals surface area (Å²) < 4.78 is 10.0. The summed E-state index contributed by atoms with van der Waals surface area (Å²) in [6, 6.07) is 0. The molecule has 1 aliphatic heterocycles. The fourth-order valence-electron chi connectivity index (χ4n) is 1.66. The first-order valence-corrected chi connectivity index (χ1v) is 5.60. The number of unbranched alkanes of at least 4 members (excludes halogenated alkanes) is 4. The first kappa shape index (κ1) is 11.5. The molecule has 0 aromatic carbocycles. The molecule has 0 radical (unpaired) electrons. The highest BCUT2D eigenvalue weighted by Gasteiger charge is 2.20. The highest BCUT2D eigenvalue weighted by molar-refractivity contribution is 5.70. The van der Waals surface area contributed by atoms with Crippen LogP contribution in [0.25, 0.3) is 0 Å². The molecule has 1 rings (SSSR count). The molecule has 0 amide bonds. The maximum atomic E-state index is 10.9. The Labute approximate surface area is 85.8 Å². The smallest absolute Gasteiger partial charge is 0.310 e. The summed E-state index contributed by atoms with van der Waals surface area (Å²) in [4.78, 5) is 10.9. The summed E-state index contributed by atoms with van der Waals surface area (Å²) in [5.41, 5.74) is 0. The van der Waals surface area contributed by atoms with Gasteiger partial charge in [0.15, 0.2) is 6.79 Å². The van der Waals surface area contributed by atoms with Crippen LogP contribution in [0, 0.1) is 0 Å². The second-order valence-electron chi connectivity index (χ2n) is 3.83. The van der Waals surface area contributed by atoms with E-state index in [0.717, 1.165) is 12.8 Å². The van der Waals surface area contributed by atoms with Gasteiger partial charge < -0.3 is 9.47 Å². The lowest BCUT2D eigenvalue weighted by Crippen LogP contribution is -2.27. The molecule has 0 spiro atoms. The quantitative estimate of drug-likeness (QED) is 0.488. The van der Waals surface area contributed by atoms with Gasteiger partial charge in [0.25, 0.3) is 0 Å². The van der Waals surface area contributed by atoms with Crippen molar-refractivity contribution >= 4 is 5.97 Å². The van der Waals surface area contributed by atoms with Gasteiger partial charge in [-0.1, -0.05) is 39.0 Å². The molecule has 1 saturated heterocycles. The number of carbonyl (C=O) groups is 1. The van der Waals surface area contributed by atoms with E-state index in [4.69, 9.17) is 9.47 Å². The Morgan fingerprint density at radius 3 is 2.79 bits per heavy atom. The molecule has 1 aliphatic rings. The monoisotopic (exact) mass is 200 g/mol. The second-order valence-corrected chi connectivity index (χ2v) is 3.83. The average molecular weight is 200 g/mol. The largest absolute Gasteiger partial charge is 0.438 e. The summed E-state index contributed by atoms with van der Waals surface area (Å²) >= 11 is 0. The van der Waals surface area contributed by atoms with Crippen molar-refractivity contribution in [1.29, 1.82) is 0 Å². The Morgan fingerprint density at radius 2 is 2.07 bits per heavy atom. The predicted octanol–water partition coefficient (Wildman–Crippen LogP) is 2.64. The van der Waals surface area contributed by atoms with Gasteiger partial charge in [0.1, 0.15) is 0 Å². The first-order chi connectivity index (χ1) is 6.83. The molecule has 0 aliphatic carbocycles. The van der Waals surface area contributed by atoms with Gasteiger partial charge in [-0.2, -0.15) is 0 Å². The maximum absolute atomic E-state index is 10.9. The summed E-state index contributed by atoms with van der Waals surface area (Å²) in [7, 11) is 0. The minimum atomic E-state index is -0.116. The fraction of sp³-hybridized carbons (Fsp3) is 0.909. The van der Waals surface area contributed by atoms with Crippen LogP contribution in [0.5, 0.6) is 0 Å². The summed E-state index contributed by atoms with van der Waals surface area (Å²) in [6.45, 7) is 2.36. The normalized spacial score (nSPS) is 22.1. The first-order valence-electron chi connectivity index (χ1n) is 5.60. The molecular formula is C11H20O3. The van der Waals surface area contributed by atoms with Crippen LogP contribution in [-0.4, -0.2) is 18.9 Å². The van der Waals surface area contributed by atoms with E-state index in [2.05, 4.69) is 6.92 Å². The molecule has 0 unspecified atom stereocenters. The number of ether oxygens (including phenoxy) is 2. The predicted molar refractivity (Wildman–Crippen MR) is 53.8 cm³/mol. The van der Waals surface area contributed by atoms with E-state index < -0.39 is 0 Å². The van der Waals surface area contributed by atoms with Gasteiger partial charge >= 0.3 is 5.97 Å². The molecule has 0 aromatic rings. The Kier molecular flexibility index (Phi) is 5.60. The number of cyclic esters (lactones) is 1. The van der Waals surface area contributed by atoms with E-state index in [1.807, 2.05) is 0 Å². The Morgan fingerprint density at radius 1 is 1.29 bits per heavy atom.